The molecule has 0 aliphatic heterocycles. The molecular weight excluding hydrogens is 440 g/mol. The van der Waals surface area contributed by atoms with E-state index in [0.29, 0.717) is 18.8 Å². The molecule has 0 amide bonds. The number of para-hydroxylation sites is 2. The summed E-state index contributed by atoms with van der Waals surface area (Å²) in [7, 11) is 0. The fraction of sp³-hybridized carbons (Fsp3) is 0.567. The van der Waals surface area contributed by atoms with Gasteiger partial charge in [-0.1, -0.05) is 32.9 Å². The van der Waals surface area contributed by atoms with E-state index in [-0.39, 0.29) is 12.4 Å². The highest BCUT2D eigenvalue weighted by Gasteiger charge is 2.30. The number of imidazole rings is 1. The maximum atomic E-state index is 6.58. The van der Waals surface area contributed by atoms with E-state index in [1.807, 2.05) is 0 Å². The van der Waals surface area contributed by atoms with Gasteiger partial charge in [0.05, 0.1) is 6.10 Å². The molecule has 3 aromatic rings. The number of halogens is 1. The summed E-state index contributed by atoms with van der Waals surface area (Å²) in [6.45, 7) is 19.9. The first kappa shape index (κ1) is 26.8. The average Bonchev–Trinajstić information content (AvgIpc) is 3.16. The number of hydrogen-bond acceptors (Lipinski definition) is 1. The molecule has 2 aromatic carbocycles. The Morgan fingerprint density at radius 1 is 0.941 bits per heavy atom. The lowest BCUT2D eigenvalue weighted by molar-refractivity contribution is -0.663. The van der Waals surface area contributed by atoms with Gasteiger partial charge in [0.1, 0.15) is 6.54 Å². The Bertz CT molecular complexity index is 1120. The van der Waals surface area contributed by atoms with Crippen LogP contribution in [0.25, 0.3) is 11.0 Å². The molecule has 0 radical (unpaired) electrons. The van der Waals surface area contributed by atoms with Gasteiger partial charge in [0.15, 0.2) is 17.8 Å². The Morgan fingerprint density at radius 3 is 2.21 bits per heavy atom. The lowest BCUT2D eigenvalue weighted by atomic mass is 9.76. The Balaban J connectivity index is 0.00000324. The second-order valence-corrected chi connectivity index (χ2v) is 10.9. The Kier molecular flexibility index (Phi) is 8.52. The van der Waals surface area contributed by atoms with Crippen molar-refractivity contribution in [2.45, 2.75) is 94.0 Å². The molecule has 1 aliphatic carbocycles. The number of nitrogens with zero attached hydrogens (tertiary/aromatic N) is 2. The van der Waals surface area contributed by atoms with Crippen LogP contribution < -0.4 is 17.0 Å². The second kappa shape index (κ2) is 10.8. The van der Waals surface area contributed by atoms with E-state index in [2.05, 4.69) is 95.1 Å². The third-order valence-corrected chi connectivity index (χ3v) is 8.80. The van der Waals surface area contributed by atoms with Crippen LogP contribution in [-0.4, -0.2) is 10.7 Å². The minimum atomic E-state index is 0. The van der Waals surface area contributed by atoms with Gasteiger partial charge >= 0.3 is 0 Å². The first-order chi connectivity index (χ1) is 15.7. The van der Waals surface area contributed by atoms with Gasteiger partial charge in [-0.3, -0.25) is 0 Å². The molecule has 4 heteroatoms. The summed E-state index contributed by atoms with van der Waals surface area (Å²) in [4.78, 5) is 0. The predicted molar refractivity (Wildman–Crippen MR) is 138 cm³/mol. The maximum absolute atomic E-state index is 6.58. The molecule has 0 saturated heterocycles. The number of fused-ring (bicyclic) bond motifs is 1. The molecule has 0 spiro atoms. The molecule has 34 heavy (non-hydrogen) atoms. The van der Waals surface area contributed by atoms with Crippen molar-refractivity contribution in [3.05, 3.63) is 64.0 Å². The van der Waals surface area contributed by atoms with Crippen LogP contribution in [0.4, 0.5) is 0 Å². The number of benzene rings is 2. The number of rotatable bonds is 6. The molecule has 1 heterocycles. The lowest BCUT2D eigenvalue weighted by Gasteiger charge is -2.35. The Labute approximate surface area is 212 Å². The molecular formula is C30H43ClN2O. The molecule has 0 bridgehead atoms. The van der Waals surface area contributed by atoms with Gasteiger partial charge in [-0.15, -0.1) is 0 Å². The standard InChI is InChI=1S/C30H43N2O.ClH/c1-19(2)26-14-13-20(3)30(15-26)33-18-32-17-31(28-11-9-10-12-29(28)32)16-27-24(7)22(5)21(4)23(6)25(27)8;/h9-12,17,19-20,26,30H,13-16,18H2,1-8H3;1H/q+1;/p-1/t20-,26+,30-;/m0./s1. The molecule has 1 aromatic heterocycles. The fourth-order valence-corrected chi connectivity index (χ4v) is 5.78. The van der Waals surface area contributed by atoms with Crippen molar-refractivity contribution in [1.29, 1.82) is 0 Å². The van der Waals surface area contributed by atoms with Gasteiger partial charge in [0, 0.05) is 0 Å². The van der Waals surface area contributed by atoms with E-state index >= 15 is 0 Å². The summed E-state index contributed by atoms with van der Waals surface area (Å²) in [5, 5.41) is 0. The Hall–Kier alpha value is -1.84. The summed E-state index contributed by atoms with van der Waals surface area (Å²) in [6.07, 6.45) is 6.44. The quantitative estimate of drug-likeness (QED) is 0.486. The summed E-state index contributed by atoms with van der Waals surface area (Å²) < 4.78 is 11.3. The number of ether oxygens (including phenoxy) is 1. The van der Waals surface area contributed by atoms with Crippen LogP contribution >= 0.6 is 0 Å². The zero-order valence-electron chi connectivity index (χ0n) is 22.4. The van der Waals surface area contributed by atoms with E-state index in [0.717, 1.165) is 18.4 Å². The van der Waals surface area contributed by atoms with Crippen LogP contribution in [0.5, 0.6) is 0 Å². The number of aromatic nitrogens is 2. The van der Waals surface area contributed by atoms with Crippen LogP contribution in [0.2, 0.25) is 0 Å². The third kappa shape index (κ3) is 5.06. The van der Waals surface area contributed by atoms with Crippen molar-refractivity contribution in [2.75, 3.05) is 0 Å². The summed E-state index contributed by atoms with van der Waals surface area (Å²) in [5.74, 6) is 2.17. The summed E-state index contributed by atoms with van der Waals surface area (Å²) in [5.41, 5.74) is 11.1. The highest BCUT2D eigenvalue weighted by atomic mass is 35.5. The fourth-order valence-electron chi connectivity index (χ4n) is 5.78. The minimum Gasteiger partial charge on any atom is -1.00 e. The monoisotopic (exact) mass is 482 g/mol. The largest absolute Gasteiger partial charge is 1.00 e. The maximum Gasteiger partial charge on any atom is 0.246 e. The van der Waals surface area contributed by atoms with Gasteiger partial charge in [0.25, 0.3) is 0 Å². The summed E-state index contributed by atoms with van der Waals surface area (Å²) in [6, 6.07) is 8.74. The van der Waals surface area contributed by atoms with Crippen LogP contribution in [0.1, 0.15) is 73.4 Å². The molecule has 1 aliphatic rings. The van der Waals surface area contributed by atoms with Crippen molar-refractivity contribution >= 4 is 11.0 Å². The predicted octanol–water partition coefficient (Wildman–Crippen LogP) is 3.96. The highest BCUT2D eigenvalue weighted by molar-refractivity contribution is 5.71. The second-order valence-electron chi connectivity index (χ2n) is 10.9. The molecule has 1 saturated carbocycles. The van der Waals surface area contributed by atoms with Gasteiger partial charge in [-0.25, -0.2) is 9.13 Å². The van der Waals surface area contributed by atoms with Crippen molar-refractivity contribution < 1.29 is 21.7 Å². The van der Waals surface area contributed by atoms with Gasteiger partial charge in [-0.2, -0.15) is 0 Å². The zero-order valence-corrected chi connectivity index (χ0v) is 23.2. The molecule has 4 rings (SSSR count). The van der Waals surface area contributed by atoms with Crippen molar-refractivity contribution in [2.24, 2.45) is 17.8 Å². The third-order valence-electron chi connectivity index (χ3n) is 8.80. The molecule has 186 valence electrons. The van der Waals surface area contributed by atoms with E-state index in [4.69, 9.17) is 4.74 Å². The SMILES string of the molecule is Cc1c(C)c(C)c(C[n+]2cn(CO[C@H]3C[C@H](C(C)C)CC[C@@H]3C)c3ccccc32)c(C)c1C.[Cl-]. The highest BCUT2D eigenvalue weighted by Crippen LogP contribution is 2.35. The van der Waals surface area contributed by atoms with E-state index < -0.39 is 0 Å². The first-order valence-electron chi connectivity index (χ1n) is 12.8. The van der Waals surface area contributed by atoms with Crippen LogP contribution in [0, 0.1) is 52.4 Å². The van der Waals surface area contributed by atoms with E-state index in [9.17, 15) is 0 Å². The van der Waals surface area contributed by atoms with Gasteiger partial charge in [-0.05, 0) is 117 Å². The average molecular weight is 483 g/mol. The summed E-state index contributed by atoms with van der Waals surface area (Å²) >= 11 is 0. The van der Waals surface area contributed by atoms with Crippen LogP contribution in [-0.2, 0) is 18.0 Å². The number of hydrogen-bond donors (Lipinski definition) is 0. The molecule has 3 atom stereocenters. The normalized spacial score (nSPS) is 20.7. The topological polar surface area (TPSA) is 18.0 Å². The van der Waals surface area contributed by atoms with Gasteiger partial charge < -0.3 is 17.1 Å². The lowest BCUT2D eigenvalue weighted by Crippen LogP contribution is -3.00. The Morgan fingerprint density at radius 2 is 1.56 bits per heavy atom. The smallest absolute Gasteiger partial charge is 0.246 e. The minimum absolute atomic E-state index is 0. The molecule has 0 N–H and O–H groups in total. The van der Waals surface area contributed by atoms with Crippen molar-refractivity contribution in [3.8, 4) is 0 Å². The molecule has 1 fully saturated rings. The van der Waals surface area contributed by atoms with Crippen molar-refractivity contribution in [1.82, 2.24) is 4.57 Å². The zero-order chi connectivity index (χ0) is 23.9. The van der Waals surface area contributed by atoms with E-state index in [1.165, 1.54) is 63.7 Å². The van der Waals surface area contributed by atoms with Gasteiger partial charge in [0.2, 0.25) is 6.33 Å². The van der Waals surface area contributed by atoms with Crippen LogP contribution in [0.15, 0.2) is 30.6 Å². The van der Waals surface area contributed by atoms with Crippen molar-refractivity contribution in [3.63, 3.8) is 0 Å². The first-order valence-corrected chi connectivity index (χ1v) is 12.8. The molecule has 0 unspecified atom stereocenters. The van der Waals surface area contributed by atoms with Crippen LogP contribution in [0.3, 0.4) is 0 Å². The molecule has 3 nitrogen and oxygen atoms in total. The van der Waals surface area contributed by atoms with E-state index in [1.54, 1.807) is 0 Å².